The minimum absolute atomic E-state index is 0. The highest BCUT2D eigenvalue weighted by molar-refractivity contribution is 7.13. The molecule has 2 rings (SSSR count). The number of piperidine rings is 1. The number of carbonyl (C=O) groups excluding carboxylic acids is 2. The van der Waals surface area contributed by atoms with Crippen LogP contribution in [0.4, 0.5) is 0 Å². The molecule has 2 heterocycles. The molecule has 1 aromatic heterocycles. The van der Waals surface area contributed by atoms with E-state index in [2.05, 4.69) is 4.98 Å². The average molecular weight is 390 g/mol. The summed E-state index contributed by atoms with van der Waals surface area (Å²) in [5.41, 5.74) is 5.48. The van der Waals surface area contributed by atoms with Crippen molar-refractivity contribution < 1.29 is 14.3 Å². The third-order valence-electron chi connectivity index (χ3n) is 4.38. The minimum atomic E-state index is -0.347. The van der Waals surface area contributed by atoms with Crippen molar-refractivity contribution in [3.8, 4) is 0 Å². The molecule has 2 N–H and O–H groups in total. The Morgan fingerprint density at radius 3 is 2.84 bits per heavy atom. The Kier molecular flexibility index (Phi) is 10.0. The smallest absolute Gasteiger partial charge is 0.349 e. The fourth-order valence-electron chi connectivity index (χ4n) is 3.01. The van der Waals surface area contributed by atoms with Crippen molar-refractivity contribution >= 4 is 35.6 Å². The minimum Gasteiger partial charge on any atom is -0.465 e. The molecule has 1 amide bonds. The number of aromatic nitrogens is 1. The Bertz CT molecular complexity index is 553. The number of nitrogens with zero attached hydrogens (tertiary/aromatic N) is 2. The molecule has 25 heavy (non-hydrogen) atoms. The first kappa shape index (κ1) is 21.9. The van der Waals surface area contributed by atoms with Gasteiger partial charge in [0.2, 0.25) is 5.91 Å². The summed E-state index contributed by atoms with van der Waals surface area (Å²) in [5, 5.41) is 0.927. The van der Waals surface area contributed by atoms with Crippen LogP contribution in [0.3, 0.4) is 0 Å². The second-order valence-electron chi connectivity index (χ2n) is 6.19. The molecular formula is C17H28ClN3O3S. The van der Waals surface area contributed by atoms with E-state index in [0.29, 0.717) is 17.8 Å². The Balaban J connectivity index is 0.00000312. The number of amides is 1. The Hall–Kier alpha value is -1.18. The predicted molar refractivity (Wildman–Crippen MR) is 101 cm³/mol. The predicted octanol–water partition coefficient (Wildman–Crippen LogP) is 2.97. The Morgan fingerprint density at radius 1 is 1.36 bits per heavy atom. The number of hydrogen-bond acceptors (Lipinski definition) is 6. The summed E-state index contributed by atoms with van der Waals surface area (Å²) >= 11 is 1.38. The molecule has 142 valence electrons. The lowest BCUT2D eigenvalue weighted by molar-refractivity contribution is -0.132. The van der Waals surface area contributed by atoms with E-state index < -0.39 is 0 Å². The van der Waals surface area contributed by atoms with E-state index in [1.54, 1.807) is 6.20 Å². The fourth-order valence-corrected chi connectivity index (χ4v) is 3.97. The molecule has 0 aromatic carbocycles. The van der Waals surface area contributed by atoms with E-state index in [4.69, 9.17) is 10.5 Å². The summed E-state index contributed by atoms with van der Waals surface area (Å²) in [5.74, 6) is 0.112. The van der Waals surface area contributed by atoms with Crippen LogP contribution in [0.15, 0.2) is 6.20 Å². The third kappa shape index (κ3) is 6.56. The maximum atomic E-state index is 12.4. The van der Waals surface area contributed by atoms with Crippen molar-refractivity contribution in [2.75, 3.05) is 26.7 Å². The lowest BCUT2D eigenvalue weighted by Crippen LogP contribution is -2.38. The number of unbranched alkanes of at least 4 members (excludes halogenated alkanes) is 3. The van der Waals surface area contributed by atoms with Crippen molar-refractivity contribution in [2.45, 2.75) is 50.9 Å². The van der Waals surface area contributed by atoms with Crippen molar-refractivity contribution in [2.24, 2.45) is 5.73 Å². The molecule has 6 nitrogen and oxygen atoms in total. The zero-order chi connectivity index (χ0) is 17.4. The topological polar surface area (TPSA) is 85.5 Å². The molecule has 0 aliphatic carbocycles. The highest BCUT2D eigenvalue weighted by Crippen LogP contribution is 2.30. The number of likely N-dealkylation sites (tertiary alicyclic amines) is 1. The second-order valence-corrected chi connectivity index (χ2v) is 7.25. The van der Waals surface area contributed by atoms with Crippen LogP contribution in [0.2, 0.25) is 0 Å². The van der Waals surface area contributed by atoms with Crippen LogP contribution in [0.25, 0.3) is 0 Å². The molecule has 1 atom stereocenters. The van der Waals surface area contributed by atoms with Gasteiger partial charge >= 0.3 is 5.97 Å². The molecule has 0 spiro atoms. The van der Waals surface area contributed by atoms with Gasteiger partial charge in [-0.25, -0.2) is 9.78 Å². The van der Waals surface area contributed by atoms with Crippen LogP contribution in [-0.2, 0) is 9.53 Å². The number of methoxy groups -OCH3 is 1. The van der Waals surface area contributed by atoms with Crippen molar-refractivity contribution in [3.05, 3.63) is 16.1 Å². The third-order valence-corrected chi connectivity index (χ3v) is 5.52. The number of carbonyl (C=O) groups is 2. The SMILES string of the molecule is COC(=O)c1cnc(C2CCCN(C(=O)CCCCCCN)C2)s1.Cl. The van der Waals surface area contributed by atoms with Crippen LogP contribution in [0.5, 0.6) is 0 Å². The van der Waals surface area contributed by atoms with Gasteiger partial charge < -0.3 is 15.4 Å². The van der Waals surface area contributed by atoms with Crippen LogP contribution in [0.1, 0.15) is 65.5 Å². The second kappa shape index (κ2) is 11.4. The fraction of sp³-hybridized carbons (Fsp3) is 0.706. The number of nitrogens with two attached hydrogens (primary N) is 1. The Labute approximate surface area is 159 Å². The van der Waals surface area contributed by atoms with E-state index >= 15 is 0 Å². The lowest BCUT2D eigenvalue weighted by Gasteiger charge is -2.32. The molecule has 1 aromatic rings. The summed E-state index contributed by atoms with van der Waals surface area (Å²) in [6.07, 6.45) is 8.31. The number of thiazole rings is 1. The summed E-state index contributed by atoms with van der Waals surface area (Å²) in [7, 11) is 1.37. The van der Waals surface area contributed by atoms with Gasteiger partial charge in [-0.15, -0.1) is 23.7 Å². The summed E-state index contributed by atoms with van der Waals surface area (Å²) < 4.78 is 4.73. The lowest BCUT2D eigenvalue weighted by atomic mass is 9.98. The summed E-state index contributed by atoms with van der Waals surface area (Å²) in [4.78, 5) is 30.8. The maximum absolute atomic E-state index is 12.4. The van der Waals surface area contributed by atoms with Crippen molar-refractivity contribution in [3.63, 3.8) is 0 Å². The number of esters is 1. The first-order valence-corrected chi connectivity index (χ1v) is 9.49. The maximum Gasteiger partial charge on any atom is 0.349 e. The number of rotatable bonds is 8. The van der Waals surface area contributed by atoms with E-state index in [1.807, 2.05) is 4.90 Å². The van der Waals surface area contributed by atoms with Crippen LogP contribution < -0.4 is 5.73 Å². The highest BCUT2D eigenvalue weighted by atomic mass is 35.5. The van der Waals surface area contributed by atoms with Crippen molar-refractivity contribution in [1.82, 2.24) is 9.88 Å². The van der Waals surface area contributed by atoms with E-state index in [9.17, 15) is 9.59 Å². The normalized spacial score (nSPS) is 17.0. The zero-order valence-electron chi connectivity index (χ0n) is 14.7. The zero-order valence-corrected chi connectivity index (χ0v) is 16.4. The highest BCUT2D eigenvalue weighted by Gasteiger charge is 2.27. The van der Waals surface area contributed by atoms with Gasteiger partial charge in [0.15, 0.2) is 0 Å². The van der Waals surface area contributed by atoms with Gasteiger partial charge in [-0.05, 0) is 32.2 Å². The standard InChI is InChI=1S/C17H27N3O3S.ClH/c1-23-17(22)14-11-19-16(24-14)13-7-6-10-20(12-13)15(21)8-4-2-3-5-9-18;/h11,13H,2-10,12,18H2,1H3;1H. The Morgan fingerprint density at radius 2 is 2.12 bits per heavy atom. The first-order chi connectivity index (χ1) is 11.7. The molecule has 0 radical (unpaired) electrons. The molecule has 0 saturated carbocycles. The molecule has 1 saturated heterocycles. The van der Waals surface area contributed by atoms with E-state index in [1.165, 1.54) is 18.4 Å². The van der Waals surface area contributed by atoms with Gasteiger partial charge in [-0.3, -0.25) is 4.79 Å². The monoisotopic (exact) mass is 389 g/mol. The van der Waals surface area contributed by atoms with Crippen LogP contribution in [-0.4, -0.2) is 48.5 Å². The average Bonchev–Trinajstić information content (AvgIpc) is 3.11. The van der Waals surface area contributed by atoms with Crippen LogP contribution >= 0.6 is 23.7 Å². The van der Waals surface area contributed by atoms with Crippen molar-refractivity contribution in [1.29, 1.82) is 0 Å². The van der Waals surface area contributed by atoms with Gasteiger partial charge in [-0.2, -0.15) is 0 Å². The van der Waals surface area contributed by atoms with Gasteiger partial charge in [0.1, 0.15) is 4.88 Å². The van der Waals surface area contributed by atoms with Gasteiger partial charge in [0.05, 0.1) is 18.3 Å². The summed E-state index contributed by atoms with van der Waals surface area (Å²) in [6, 6.07) is 0. The van der Waals surface area contributed by atoms with E-state index in [0.717, 1.165) is 56.6 Å². The molecule has 1 fully saturated rings. The van der Waals surface area contributed by atoms with Gasteiger partial charge in [0, 0.05) is 25.4 Å². The first-order valence-electron chi connectivity index (χ1n) is 8.67. The number of hydrogen-bond donors (Lipinski definition) is 1. The molecule has 8 heteroatoms. The van der Waals surface area contributed by atoms with Gasteiger partial charge in [0.25, 0.3) is 0 Å². The molecule has 1 unspecified atom stereocenters. The largest absolute Gasteiger partial charge is 0.465 e. The summed E-state index contributed by atoms with van der Waals surface area (Å²) in [6.45, 7) is 2.26. The van der Waals surface area contributed by atoms with Crippen LogP contribution in [0, 0.1) is 0 Å². The number of halogens is 1. The molecular weight excluding hydrogens is 362 g/mol. The quantitative estimate of drug-likeness (QED) is 0.545. The molecule has 1 aliphatic heterocycles. The molecule has 0 bridgehead atoms. The number of ether oxygens (including phenoxy) is 1. The van der Waals surface area contributed by atoms with Gasteiger partial charge in [-0.1, -0.05) is 12.8 Å². The van der Waals surface area contributed by atoms with E-state index in [-0.39, 0.29) is 30.2 Å². The molecule has 1 aliphatic rings.